The Labute approximate surface area is 88.7 Å². The van der Waals surface area contributed by atoms with Crippen LogP contribution >= 0.6 is 0 Å². The molecule has 1 saturated carbocycles. The Morgan fingerprint density at radius 2 is 1.43 bits per heavy atom. The maximum Gasteiger partial charge on any atom is 0.0841 e. The molecule has 1 saturated heterocycles. The van der Waals surface area contributed by atoms with Gasteiger partial charge in [-0.25, -0.2) is 0 Å². The van der Waals surface area contributed by atoms with Crippen molar-refractivity contribution in [2.75, 3.05) is 14.1 Å². The second-order valence-electron chi connectivity index (χ2n) is 4.20. The van der Waals surface area contributed by atoms with Crippen molar-refractivity contribution in [2.45, 2.75) is 51.7 Å². The highest BCUT2D eigenvalue weighted by atomic mass is 16.6. The normalized spacial score (nSPS) is 27.1. The molecular formula is C12H25NO. The minimum Gasteiger partial charge on any atom is -0.370 e. The molecule has 2 fully saturated rings. The average molecular weight is 199 g/mol. The van der Waals surface area contributed by atoms with Gasteiger partial charge in [0.2, 0.25) is 0 Å². The van der Waals surface area contributed by atoms with Gasteiger partial charge in [0.15, 0.2) is 0 Å². The predicted molar refractivity (Wildman–Crippen MR) is 62.6 cm³/mol. The van der Waals surface area contributed by atoms with E-state index in [1.54, 1.807) is 0 Å². The summed E-state index contributed by atoms with van der Waals surface area (Å²) >= 11 is 0. The molecule has 14 heavy (non-hydrogen) atoms. The van der Waals surface area contributed by atoms with Crippen molar-refractivity contribution >= 4 is 0 Å². The molecule has 0 aromatic rings. The number of rotatable bonds is 0. The predicted octanol–water partition coefficient (Wildman–Crippen LogP) is 2.75. The van der Waals surface area contributed by atoms with Crippen molar-refractivity contribution in [3.63, 3.8) is 0 Å². The lowest BCUT2D eigenvalue weighted by molar-refractivity contribution is 0.373. The summed E-state index contributed by atoms with van der Waals surface area (Å²) < 4.78 is 5.28. The molecule has 0 radical (unpaired) electrons. The molecule has 0 aromatic heterocycles. The highest BCUT2D eigenvalue weighted by Gasteiger charge is 2.39. The summed E-state index contributed by atoms with van der Waals surface area (Å²) in [6.07, 6.45) is 6.89. The zero-order valence-electron chi connectivity index (χ0n) is 10.1. The summed E-state index contributed by atoms with van der Waals surface area (Å²) in [6.45, 7) is 7.50. The number of fused-ring (bicyclic) bond motifs is 1. The van der Waals surface area contributed by atoms with Crippen LogP contribution in [0.25, 0.3) is 0 Å². The van der Waals surface area contributed by atoms with E-state index >= 15 is 0 Å². The van der Waals surface area contributed by atoms with E-state index in [-0.39, 0.29) is 0 Å². The molecule has 1 aliphatic heterocycles. The van der Waals surface area contributed by atoms with E-state index in [0.29, 0.717) is 12.2 Å². The zero-order chi connectivity index (χ0) is 11.0. The number of ether oxygens (including phenoxy) is 1. The summed E-state index contributed by atoms with van der Waals surface area (Å²) in [6, 6.07) is 0. The largest absolute Gasteiger partial charge is 0.370 e. The van der Waals surface area contributed by atoms with E-state index in [4.69, 9.17) is 4.74 Å². The Kier molecular flexibility index (Phi) is 7.81. The van der Waals surface area contributed by atoms with E-state index in [1.165, 1.54) is 31.3 Å². The molecule has 2 unspecified atom stereocenters. The average Bonchev–Trinajstić information content (AvgIpc) is 2.82. The molecule has 84 valence electrons. The van der Waals surface area contributed by atoms with Crippen LogP contribution in [-0.2, 0) is 4.74 Å². The minimum atomic E-state index is 0.703. The lowest BCUT2D eigenvalue weighted by Crippen LogP contribution is -2.00. The van der Waals surface area contributed by atoms with Crippen LogP contribution in [0.1, 0.15) is 39.5 Å². The van der Waals surface area contributed by atoms with Gasteiger partial charge in [-0.1, -0.05) is 18.4 Å². The van der Waals surface area contributed by atoms with Gasteiger partial charge in [-0.05, 0) is 40.8 Å². The third-order valence-corrected chi connectivity index (χ3v) is 1.91. The van der Waals surface area contributed by atoms with Gasteiger partial charge in [0.1, 0.15) is 0 Å². The molecule has 2 rings (SSSR count). The molecule has 2 heteroatoms. The van der Waals surface area contributed by atoms with Crippen LogP contribution in [0.2, 0.25) is 0 Å². The lowest BCUT2D eigenvalue weighted by Gasteiger charge is -2.00. The van der Waals surface area contributed by atoms with Crippen LogP contribution in [0.15, 0.2) is 12.2 Å². The number of allylic oxidation sites excluding steroid dienone is 1. The van der Waals surface area contributed by atoms with Crippen molar-refractivity contribution in [1.29, 1.82) is 0 Å². The fraction of sp³-hybridized carbons (Fsp3) is 0.833. The van der Waals surface area contributed by atoms with Crippen molar-refractivity contribution in [1.82, 2.24) is 5.32 Å². The maximum absolute atomic E-state index is 5.28. The van der Waals surface area contributed by atoms with E-state index in [1.807, 2.05) is 27.9 Å². The molecule has 0 spiro atoms. The summed E-state index contributed by atoms with van der Waals surface area (Å²) in [5, 5.41) is 2.75. The molecule has 0 bridgehead atoms. The molecule has 1 N–H and O–H groups in total. The Morgan fingerprint density at radius 1 is 1.14 bits per heavy atom. The first kappa shape index (κ1) is 13.7. The monoisotopic (exact) mass is 199 g/mol. The van der Waals surface area contributed by atoms with Gasteiger partial charge in [0.05, 0.1) is 12.2 Å². The molecule has 2 atom stereocenters. The van der Waals surface area contributed by atoms with Crippen molar-refractivity contribution in [2.24, 2.45) is 0 Å². The second-order valence-corrected chi connectivity index (χ2v) is 4.20. The third kappa shape index (κ3) is 8.27. The SMILES string of the molecule is C1CCC2OC2C1.C=C(C)C.CNC. The third-order valence-electron chi connectivity index (χ3n) is 1.91. The zero-order valence-corrected chi connectivity index (χ0v) is 10.1. The fourth-order valence-electron chi connectivity index (χ4n) is 1.38. The van der Waals surface area contributed by atoms with Gasteiger partial charge in [0.25, 0.3) is 0 Å². The van der Waals surface area contributed by atoms with Crippen LogP contribution in [0, 0.1) is 0 Å². The van der Waals surface area contributed by atoms with Crippen molar-refractivity contribution in [3.8, 4) is 0 Å². The minimum absolute atomic E-state index is 0.703. The standard InChI is InChI=1S/C6H10O.C4H8.C2H7N/c1-2-4-6-5(3-1)7-6;1-4(2)3;1-3-2/h5-6H,1-4H2;1H2,2-3H3;3H,1-2H3. The van der Waals surface area contributed by atoms with Crippen LogP contribution in [0.5, 0.6) is 0 Å². The van der Waals surface area contributed by atoms with Crippen molar-refractivity contribution < 1.29 is 4.74 Å². The Morgan fingerprint density at radius 3 is 1.64 bits per heavy atom. The summed E-state index contributed by atoms with van der Waals surface area (Å²) in [7, 11) is 3.75. The quantitative estimate of drug-likeness (QED) is 0.479. The van der Waals surface area contributed by atoms with Crippen LogP contribution in [0.4, 0.5) is 0 Å². The van der Waals surface area contributed by atoms with E-state index in [9.17, 15) is 0 Å². The Balaban J connectivity index is 0.000000211. The van der Waals surface area contributed by atoms with Crippen LogP contribution in [0.3, 0.4) is 0 Å². The van der Waals surface area contributed by atoms with Gasteiger partial charge >= 0.3 is 0 Å². The smallest absolute Gasteiger partial charge is 0.0841 e. The first-order valence-electron chi connectivity index (χ1n) is 5.47. The summed E-state index contributed by atoms with van der Waals surface area (Å²) in [5.74, 6) is 0. The van der Waals surface area contributed by atoms with Crippen LogP contribution in [-0.4, -0.2) is 26.3 Å². The van der Waals surface area contributed by atoms with Gasteiger partial charge < -0.3 is 10.1 Å². The fourth-order valence-corrected chi connectivity index (χ4v) is 1.38. The number of epoxide rings is 1. The first-order chi connectivity index (χ1) is 6.61. The highest BCUT2D eigenvalue weighted by Crippen LogP contribution is 2.35. The molecular weight excluding hydrogens is 174 g/mol. The first-order valence-corrected chi connectivity index (χ1v) is 5.47. The molecule has 1 heterocycles. The van der Waals surface area contributed by atoms with Gasteiger partial charge in [-0.15, -0.1) is 6.58 Å². The molecule has 0 aromatic carbocycles. The van der Waals surface area contributed by atoms with Crippen molar-refractivity contribution in [3.05, 3.63) is 12.2 Å². The highest BCUT2D eigenvalue weighted by molar-refractivity contribution is 4.87. The molecule has 0 amide bonds. The van der Waals surface area contributed by atoms with Gasteiger partial charge in [-0.2, -0.15) is 0 Å². The number of nitrogens with one attached hydrogen (secondary N) is 1. The summed E-state index contributed by atoms with van der Waals surface area (Å²) in [4.78, 5) is 0. The number of hydrogen-bond acceptors (Lipinski definition) is 2. The van der Waals surface area contributed by atoms with E-state index < -0.39 is 0 Å². The van der Waals surface area contributed by atoms with Crippen LogP contribution < -0.4 is 5.32 Å². The lowest BCUT2D eigenvalue weighted by atomic mass is 10.0. The maximum atomic E-state index is 5.28. The van der Waals surface area contributed by atoms with Gasteiger partial charge in [-0.3, -0.25) is 0 Å². The molecule has 2 nitrogen and oxygen atoms in total. The summed E-state index contributed by atoms with van der Waals surface area (Å²) in [5.41, 5.74) is 1.17. The molecule has 2 aliphatic rings. The van der Waals surface area contributed by atoms with Gasteiger partial charge in [0, 0.05) is 0 Å². The Hall–Kier alpha value is -0.340. The number of hydrogen-bond donors (Lipinski definition) is 1. The molecule has 1 aliphatic carbocycles. The second kappa shape index (κ2) is 8.01. The van der Waals surface area contributed by atoms with E-state index in [0.717, 1.165) is 0 Å². The topological polar surface area (TPSA) is 24.6 Å². The Bertz CT molecular complexity index is 142. The van der Waals surface area contributed by atoms with E-state index in [2.05, 4.69) is 11.9 Å².